The van der Waals surface area contributed by atoms with Crippen LogP contribution in [0.1, 0.15) is 11.5 Å². The van der Waals surface area contributed by atoms with E-state index in [0.29, 0.717) is 0 Å². The van der Waals surface area contributed by atoms with E-state index in [-0.39, 0.29) is 12.0 Å². The molecule has 0 radical (unpaired) electrons. The van der Waals surface area contributed by atoms with Crippen molar-refractivity contribution in [2.45, 2.75) is 12.0 Å². The van der Waals surface area contributed by atoms with Gasteiger partial charge in [-0.1, -0.05) is 152 Å². The zero-order valence-corrected chi connectivity index (χ0v) is 31.5. The maximum absolute atomic E-state index is 2.50. The van der Waals surface area contributed by atoms with E-state index >= 15 is 0 Å². The molecule has 0 spiro atoms. The molecule has 0 saturated heterocycles. The van der Waals surface area contributed by atoms with Gasteiger partial charge in [0.15, 0.2) is 0 Å². The van der Waals surface area contributed by atoms with Gasteiger partial charge in [0.25, 0.3) is 0 Å². The first-order valence-electron chi connectivity index (χ1n) is 19.7. The van der Waals surface area contributed by atoms with Gasteiger partial charge in [0, 0.05) is 51.4 Å². The first kappa shape index (κ1) is 34.2. The van der Waals surface area contributed by atoms with Gasteiger partial charge in [-0.25, -0.2) is 0 Å². The molecule has 1 aliphatic heterocycles. The van der Waals surface area contributed by atoms with Crippen molar-refractivity contribution in [2.24, 2.45) is 0 Å². The highest BCUT2D eigenvalue weighted by molar-refractivity contribution is 5.81. The first-order valence-corrected chi connectivity index (χ1v) is 19.7. The summed E-state index contributed by atoms with van der Waals surface area (Å²) in [6, 6.07) is 78.4. The molecule has 0 aromatic heterocycles. The molecule has 2 unspecified atom stereocenters. The fraction of sp³-hybridized carbons (Fsp3) is 0.0370. The van der Waals surface area contributed by atoms with Gasteiger partial charge in [0.1, 0.15) is 0 Å². The van der Waals surface area contributed by atoms with Crippen LogP contribution in [0.15, 0.2) is 242 Å². The maximum Gasteiger partial charge on any atom is 0.0631 e. The van der Waals surface area contributed by atoms with Crippen molar-refractivity contribution >= 4 is 39.8 Å². The zero-order chi connectivity index (χ0) is 38.0. The molecular formula is C54H41N3. The summed E-state index contributed by atoms with van der Waals surface area (Å²) in [5.74, 6) is 0.199. The monoisotopic (exact) mass is 731 g/mol. The van der Waals surface area contributed by atoms with E-state index in [1.807, 2.05) is 0 Å². The smallest absolute Gasteiger partial charge is 0.0631 e. The molecule has 272 valence electrons. The van der Waals surface area contributed by atoms with Crippen molar-refractivity contribution in [3.05, 3.63) is 248 Å². The Balaban J connectivity index is 0.952. The number of anilines is 7. The molecule has 0 saturated carbocycles. The molecule has 0 fully saturated rings. The molecule has 2 atom stereocenters. The first-order chi connectivity index (χ1) is 28.3. The molecule has 57 heavy (non-hydrogen) atoms. The number of nitrogens with zero attached hydrogens (tertiary/aromatic N) is 3. The third-order valence-electron chi connectivity index (χ3n) is 11.2. The predicted molar refractivity (Wildman–Crippen MR) is 239 cm³/mol. The van der Waals surface area contributed by atoms with Gasteiger partial charge in [0.2, 0.25) is 0 Å². The SMILES string of the molecule is C1=CC2C(C=C1N(c1ccccc1)c1ccc(-c3ccc(N(c4ccccc4)c4ccccc4)cc3)cc1)c1ccccc1N2c1ccc(-c2ccccc2)cc1. The lowest BCUT2D eigenvalue weighted by Crippen LogP contribution is -2.30. The molecule has 10 rings (SSSR count). The van der Waals surface area contributed by atoms with Crippen molar-refractivity contribution in [3.8, 4) is 22.3 Å². The Bertz CT molecular complexity index is 2610. The molecule has 0 amide bonds. The Morgan fingerprint density at radius 2 is 0.754 bits per heavy atom. The third-order valence-corrected chi connectivity index (χ3v) is 11.2. The average Bonchev–Trinajstić information content (AvgIpc) is 3.62. The van der Waals surface area contributed by atoms with E-state index in [9.17, 15) is 0 Å². The van der Waals surface area contributed by atoms with E-state index in [1.165, 1.54) is 39.2 Å². The number of hydrogen-bond acceptors (Lipinski definition) is 3. The molecule has 2 aliphatic rings. The van der Waals surface area contributed by atoms with Crippen molar-refractivity contribution in [3.63, 3.8) is 0 Å². The zero-order valence-electron chi connectivity index (χ0n) is 31.5. The van der Waals surface area contributed by atoms with Gasteiger partial charge in [0.05, 0.1) is 6.04 Å². The van der Waals surface area contributed by atoms with Crippen LogP contribution in [-0.2, 0) is 0 Å². The summed E-state index contributed by atoms with van der Waals surface area (Å²) < 4.78 is 0. The number of hydrogen-bond donors (Lipinski definition) is 0. The van der Waals surface area contributed by atoms with E-state index in [4.69, 9.17) is 0 Å². The second-order valence-corrected chi connectivity index (χ2v) is 14.6. The molecule has 1 aliphatic carbocycles. The summed E-state index contributed by atoms with van der Waals surface area (Å²) in [5.41, 5.74) is 15.4. The van der Waals surface area contributed by atoms with Crippen molar-refractivity contribution < 1.29 is 0 Å². The second kappa shape index (κ2) is 15.1. The third kappa shape index (κ3) is 6.60. The van der Waals surface area contributed by atoms with Crippen molar-refractivity contribution in [2.75, 3.05) is 14.7 Å². The number of allylic oxidation sites excluding steroid dienone is 1. The predicted octanol–water partition coefficient (Wildman–Crippen LogP) is 14.4. The number of para-hydroxylation sites is 4. The minimum atomic E-state index is 0.177. The van der Waals surface area contributed by atoms with Crippen LogP contribution in [0.4, 0.5) is 39.8 Å². The molecule has 8 aromatic rings. The van der Waals surface area contributed by atoms with Crippen LogP contribution in [-0.4, -0.2) is 6.04 Å². The lowest BCUT2D eigenvalue weighted by Gasteiger charge is -2.33. The largest absolute Gasteiger partial charge is 0.333 e. The average molecular weight is 732 g/mol. The number of benzene rings is 8. The van der Waals surface area contributed by atoms with Gasteiger partial charge in [-0.2, -0.15) is 0 Å². The molecular weight excluding hydrogens is 691 g/mol. The maximum atomic E-state index is 2.50. The fourth-order valence-electron chi connectivity index (χ4n) is 8.46. The van der Waals surface area contributed by atoms with E-state index in [0.717, 1.165) is 34.1 Å². The Kier molecular flexibility index (Phi) is 9.02. The number of fused-ring (bicyclic) bond motifs is 3. The lowest BCUT2D eigenvalue weighted by atomic mass is 9.89. The van der Waals surface area contributed by atoms with Gasteiger partial charge in [-0.05, 0) is 113 Å². The van der Waals surface area contributed by atoms with Crippen LogP contribution < -0.4 is 14.7 Å². The Hall–Kier alpha value is -7.36. The van der Waals surface area contributed by atoms with Crippen LogP contribution in [0, 0.1) is 0 Å². The summed E-state index contributed by atoms with van der Waals surface area (Å²) in [4.78, 5) is 7.19. The standard InChI is InChI=1S/C54H41N3/c1-5-15-40(16-6-1)41-29-35-49(36-30-41)57-53-24-14-13-23-51(53)52-39-50(37-38-54(52)57)56(46-21-11-4-12-22-46)48-33-27-43(28-34-48)42-25-31-47(32-26-42)55(44-17-7-2-8-18-44)45-19-9-3-10-20-45/h1-39,52,54H. The van der Waals surface area contributed by atoms with Crippen LogP contribution in [0.25, 0.3) is 22.3 Å². The highest BCUT2D eigenvalue weighted by Crippen LogP contribution is 2.49. The van der Waals surface area contributed by atoms with Gasteiger partial charge in [-0.3, -0.25) is 0 Å². The van der Waals surface area contributed by atoms with E-state index in [1.54, 1.807) is 0 Å². The van der Waals surface area contributed by atoms with E-state index in [2.05, 4.69) is 251 Å². The Morgan fingerprint density at radius 3 is 1.30 bits per heavy atom. The van der Waals surface area contributed by atoms with Gasteiger partial charge in [-0.15, -0.1) is 0 Å². The van der Waals surface area contributed by atoms with Gasteiger partial charge >= 0.3 is 0 Å². The van der Waals surface area contributed by atoms with Crippen LogP contribution >= 0.6 is 0 Å². The molecule has 8 aromatic carbocycles. The summed E-state index contributed by atoms with van der Waals surface area (Å²) >= 11 is 0. The fourth-order valence-corrected chi connectivity index (χ4v) is 8.46. The lowest BCUT2D eigenvalue weighted by molar-refractivity contribution is 0.736. The topological polar surface area (TPSA) is 9.72 Å². The highest BCUT2D eigenvalue weighted by atomic mass is 15.2. The summed E-state index contributed by atoms with van der Waals surface area (Å²) in [6.07, 6.45) is 7.17. The number of rotatable bonds is 9. The molecule has 0 N–H and O–H groups in total. The summed E-state index contributed by atoms with van der Waals surface area (Å²) in [7, 11) is 0. The quantitative estimate of drug-likeness (QED) is 0.146. The summed E-state index contributed by atoms with van der Waals surface area (Å²) in [6.45, 7) is 0. The minimum Gasteiger partial charge on any atom is -0.333 e. The normalized spacial score (nSPS) is 15.4. The van der Waals surface area contributed by atoms with Crippen LogP contribution in [0.5, 0.6) is 0 Å². The van der Waals surface area contributed by atoms with Crippen molar-refractivity contribution in [1.29, 1.82) is 0 Å². The Morgan fingerprint density at radius 1 is 0.351 bits per heavy atom. The molecule has 3 heteroatoms. The molecule has 0 bridgehead atoms. The van der Waals surface area contributed by atoms with Gasteiger partial charge < -0.3 is 14.7 Å². The second-order valence-electron chi connectivity index (χ2n) is 14.6. The highest BCUT2D eigenvalue weighted by Gasteiger charge is 2.39. The van der Waals surface area contributed by atoms with Crippen LogP contribution in [0.2, 0.25) is 0 Å². The van der Waals surface area contributed by atoms with Crippen LogP contribution in [0.3, 0.4) is 0 Å². The van der Waals surface area contributed by atoms with E-state index < -0.39 is 0 Å². The molecule has 1 heterocycles. The minimum absolute atomic E-state index is 0.177. The van der Waals surface area contributed by atoms with Crippen molar-refractivity contribution in [1.82, 2.24) is 0 Å². The Labute approximate surface area is 335 Å². The summed E-state index contributed by atoms with van der Waals surface area (Å²) in [5, 5.41) is 0. The molecule has 3 nitrogen and oxygen atoms in total.